The smallest absolute Gasteiger partial charge is 0.349 e. The maximum atomic E-state index is 13.2. The van der Waals surface area contributed by atoms with Crippen LogP contribution in [0.15, 0.2) is 102 Å². The predicted molar refractivity (Wildman–Crippen MR) is 145 cm³/mol. The van der Waals surface area contributed by atoms with Gasteiger partial charge in [-0.05, 0) is 53.6 Å². The Balaban J connectivity index is 1.34. The Morgan fingerprint density at radius 1 is 0.975 bits per heavy atom. The summed E-state index contributed by atoms with van der Waals surface area (Å²) in [7, 11) is 0. The fraction of sp³-hybridized carbons (Fsp3) is 0.0968. The fourth-order valence-corrected chi connectivity index (χ4v) is 4.42. The molecule has 0 saturated heterocycles. The van der Waals surface area contributed by atoms with Crippen LogP contribution in [-0.2, 0) is 11.4 Å². The number of allylic oxidation sites excluding steroid dienone is 1. The van der Waals surface area contributed by atoms with Gasteiger partial charge in [0, 0.05) is 11.6 Å². The second-order valence-electron chi connectivity index (χ2n) is 8.81. The number of carbonyl (C=O) groups excluding carboxylic acids is 1. The first-order valence-corrected chi connectivity index (χ1v) is 12.6. The van der Waals surface area contributed by atoms with E-state index in [2.05, 4.69) is 6.07 Å². The van der Waals surface area contributed by atoms with Gasteiger partial charge in [-0.2, -0.15) is 5.26 Å². The summed E-state index contributed by atoms with van der Waals surface area (Å²) in [6.45, 7) is -0.109. The molecule has 0 amide bonds. The molecule has 4 aromatic carbocycles. The van der Waals surface area contributed by atoms with Crippen LogP contribution in [0.5, 0.6) is 23.0 Å². The van der Waals surface area contributed by atoms with Crippen molar-refractivity contribution in [3.8, 4) is 29.1 Å². The summed E-state index contributed by atoms with van der Waals surface area (Å²) >= 11 is 6.06. The van der Waals surface area contributed by atoms with Gasteiger partial charge in [-0.15, -0.1) is 0 Å². The molecule has 0 saturated carbocycles. The third kappa shape index (κ3) is 6.01. The molecule has 5 rings (SSSR count). The summed E-state index contributed by atoms with van der Waals surface area (Å²) in [6, 6.07) is 27.1. The van der Waals surface area contributed by atoms with E-state index in [4.69, 9.17) is 36.3 Å². The first-order chi connectivity index (χ1) is 19.4. The molecule has 0 fully saturated rings. The fourth-order valence-electron chi connectivity index (χ4n) is 4.23. The minimum absolute atomic E-state index is 0.0526. The lowest BCUT2D eigenvalue weighted by Crippen LogP contribution is -2.21. The molecule has 1 aliphatic rings. The topological polar surface area (TPSA) is 104 Å². The Bertz CT molecular complexity index is 1630. The first-order valence-electron chi connectivity index (χ1n) is 12.2. The number of nitrogens with zero attached hydrogens (tertiary/aromatic N) is 1. The number of benzene rings is 4. The molecule has 0 aromatic heterocycles. The minimum Gasteiger partial charge on any atom is -0.489 e. The van der Waals surface area contributed by atoms with E-state index in [1.807, 2.05) is 18.2 Å². The first kappa shape index (κ1) is 26.6. The van der Waals surface area contributed by atoms with E-state index in [1.165, 1.54) is 18.2 Å². The van der Waals surface area contributed by atoms with Crippen LogP contribution in [0.1, 0.15) is 22.6 Å². The van der Waals surface area contributed by atoms with E-state index in [1.54, 1.807) is 54.6 Å². The van der Waals surface area contributed by atoms with Crippen molar-refractivity contribution in [2.75, 3.05) is 6.61 Å². The Hall–Kier alpha value is -5.00. The summed E-state index contributed by atoms with van der Waals surface area (Å²) in [5.41, 5.74) is 8.58. The van der Waals surface area contributed by atoms with E-state index in [0.29, 0.717) is 27.8 Å². The zero-order valence-electron chi connectivity index (χ0n) is 21.0. The number of para-hydroxylation sites is 1. The van der Waals surface area contributed by atoms with Gasteiger partial charge in [-0.1, -0.05) is 54.1 Å². The van der Waals surface area contributed by atoms with Gasteiger partial charge in [-0.25, -0.2) is 9.18 Å². The molecule has 1 aliphatic heterocycles. The van der Waals surface area contributed by atoms with Crippen LogP contribution in [0.3, 0.4) is 0 Å². The summed E-state index contributed by atoms with van der Waals surface area (Å²) < 4.78 is 35.7. The van der Waals surface area contributed by atoms with Crippen molar-refractivity contribution in [1.29, 1.82) is 5.26 Å². The molecule has 1 heterocycles. The molecule has 200 valence electrons. The standard InChI is InChI=1S/C31H22ClFN2O5/c32-26-6-1-2-7-27(26)38-18-29(36)39-23-12-13-24-28(15-23)40-31(35)25(16-34)30(24)20-4-3-5-22(14-20)37-17-19-8-10-21(33)11-9-19/h1-15,30H,17-18,35H2. The van der Waals surface area contributed by atoms with Crippen LogP contribution >= 0.6 is 11.6 Å². The Morgan fingerprint density at radius 2 is 1.77 bits per heavy atom. The summed E-state index contributed by atoms with van der Waals surface area (Å²) in [5.74, 6) is -0.0654. The number of hydrogen-bond acceptors (Lipinski definition) is 7. The second-order valence-corrected chi connectivity index (χ2v) is 9.21. The number of carbonyl (C=O) groups is 1. The zero-order valence-corrected chi connectivity index (χ0v) is 21.7. The Labute approximate surface area is 234 Å². The highest BCUT2D eigenvalue weighted by Crippen LogP contribution is 2.44. The third-order valence-electron chi connectivity index (χ3n) is 6.11. The molecular weight excluding hydrogens is 535 g/mol. The third-order valence-corrected chi connectivity index (χ3v) is 6.43. The number of nitrogens with two attached hydrogens (primary N) is 1. The van der Waals surface area contributed by atoms with Gasteiger partial charge in [0.2, 0.25) is 5.88 Å². The second kappa shape index (κ2) is 11.8. The highest BCUT2D eigenvalue weighted by Gasteiger charge is 2.31. The summed E-state index contributed by atoms with van der Waals surface area (Å²) in [6.07, 6.45) is 0. The number of esters is 1. The van der Waals surface area contributed by atoms with Crippen molar-refractivity contribution in [1.82, 2.24) is 0 Å². The number of ether oxygens (including phenoxy) is 4. The van der Waals surface area contributed by atoms with E-state index < -0.39 is 11.9 Å². The van der Waals surface area contributed by atoms with Crippen LogP contribution in [0, 0.1) is 17.1 Å². The Kier molecular flexibility index (Phi) is 7.85. The van der Waals surface area contributed by atoms with Crippen molar-refractivity contribution in [2.24, 2.45) is 5.73 Å². The number of fused-ring (bicyclic) bond motifs is 1. The highest BCUT2D eigenvalue weighted by molar-refractivity contribution is 6.32. The molecule has 40 heavy (non-hydrogen) atoms. The van der Waals surface area contributed by atoms with Gasteiger partial charge in [-0.3, -0.25) is 0 Å². The molecule has 0 aliphatic carbocycles. The van der Waals surface area contributed by atoms with E-state index in [0.717, 1.165) is 11.1 Å². The lowest BCUT2D eigenvalue weighted by molar-refractivity contribution is -0.136. The molecule has 1 unspecified atom stereocenters. The van der Waals surface area contributed by atoms with E-state index in [-0.39, 0.29) is 36.2 Å². The molecule has 7 nitrogen and oxygen atoms in total. The number of halogens is 2. The Morgan fingerprint density at radius 3 is 2.55 bits per heavy atom. The minimum atomic E-state index is -0.639. The molecule has 1 atom stereocenters. The van der Waals surface area contributed by atoms with E-state index >= 15 is 0 Å². The van der Waals surface area contributed by atoms with Crippen molar-refractivity contribution in [2.45, 2.75) is 12.5 Å². The molecule has 0 bridgehead atoms. The van der Waals surface area contributed by atoms with Gasteiger partial charge < -0.3 is 24.7 Å². The van der Waals surface area contributed by atoms with Crippen molar-refractivity contribution >= 4 is 17.6 Å². The number of nitriles is 1. The largest absolute Gasteiger partial charge is 0.489 e. The molecule has 0 spiro atoms. The van der Waals surface area contributed by atoms with Crippen LogP contribution in [-0.4, -0.2) is 12.6 Å². The van der Waals surface area contributed by atoms with Crippen molar-refractivity contribution in [3.63, 3.8) is 0 Å². The van der Waals surface area contributed by atoms with Crippen LogP contribution < -0.4 is 24.7 Å². The highest BCUT2D eigenvalue weighted by atomic mass is 35.5. The van der Waals surface area contributed by atoms with Gasteiger partial charge in [0.25, 0.3) is 0 Å². The quantitative estimate of drug-likeness (QED) is 0.202. The van der Waals surface area contributed by atoms with Gasteiger partial charge >= 0.3 is 5.97 Å². The average Bonchev–Trinajstić information content (AvgIpc) is 2.96. The van der Waals surface area contributed by atoms with Crippen LogP contribution in [0.2, 0.25) is 5.02 Å². The lowest BCUT2D eigenvalue weighted by Gasteiger charge is -2.27. The molecular formula is C31H22ClFN2O5. The molecule has 4 aromatic rings. The van der Waals surface area contributed by atoms with Crippen LogP contribution in [0.4, 0.5) is 4.39 Å². The maximum Gasteiger partial charge on any atom is 0.349 e. The predicted octanol–water partition coefficient (Wildman–Crippen LogP) is 6.26. The van der Waals surface area contributed by atoms with E-state index in [9.17, 15) is 14.4 Å². The van der Waals surface area contributed by atoms with Crippen LogP contribution in [0.25, 0.3) is 0 Å². The zero-order chi connectivity index (χ0) is 28.1. The summed E-state index contributed by atoms with van der Waals surface area (Å²) in [4.78, 5) is 12.4. The van der Waals surface area contributed by atoms with Gasteiger partial charge in [0.1, 0.15) is 47.1 Å². The number of hydrogen-bond donors (Lipinski definition) is 1. The molecule has 0 radical (unpaired) electrons. The lowest BCUT2D eigenvalue weighted by atomic mass is 9.83. The SMILES string of the molecule is N#CC1=C(N)Oc2cc(OC(=O)COc3ccccc3Cl)ccc2C1c1cccc(OCc2ccc(F)cc2)c1. The van der Waals surface area contributed by atoms with Crippen molar-refractivity contribution in [3.05, 3.63) is 130 Å². The average molecular weight is 557 g/mol. The normalized spacial score (nSPS) is 14.0. The molecule has 9 heteroatoms. The summed E-state index contributed by atoms with van der Waals surface area (Å²) in [5, 5.41) is 10.3. The monoisotopic (exact) mass is 556 g/mol. The van der Waals surface area contributed by atoms with Crippen molar-refractivity contribution < 1.29 is 28.1 Å². The molecule has 2 N–H and O–H groups in total. The van der Waals surface area contributed by atoms with Gasteiger partial charge in [0.15, 0.2) is 6.61 Å². The number of rotatable bonds is 8. The van der Waals surface area contributed by atoms with Gasteiger partial charge in [0.05, 0.1) is 10.9 Å². The maximum absolute atomic E-state index is 13.2.